The van der Waals surface area contributed by atoms with E-state index in [1.165, 1.54) is 4.88 Å². The summed E-state index contributed by atoms with van der Waals surface area (Å²) in [6.45, 7) is 5.17. The predicted octanol–water partition coefficient (Wildman–Crippen LogP) is 2.80. The molecule has 2 amide bonds. The van der Waals surface area contributed by atoms with Gasteiger partial charge in [0.25, 0.3) is 5.91 Å². The Hall–Kier alpha value is -2.63. The molecule has 0 saturated carbocycles. The Morgan fingerprint density at radius 1 is 1.24 bits per heavy atom. The van der Waals surface area contributed by atoms with Crippen LogP contribution in [-0.4, -0.2) is 54.3 Å². The fourth-order valence-electron chi connectivity index (χ4n) is 3.94. The second-order valence-corrected chi connectivity index (χ2v) is 8.62. The van der Waals surface area contributed by atoms with Gasteiger partial charge in [0.2, 0.25) is 5.91 Å². The number of hydrogen-bond acceptors (Lipinski definition) is 6. The first-order valence-electron chi connectivity index (χ1n) is 9.97. The second kappa shape index (κ2) is 8.39. The molecule has 0 spiro atoms. The third-order valence-corrected chi connectivity index (χ3v) is 6.76. The maximum atomic E-state index is 12.4. The highest BCUT2D eigenvalue weighted by atomic mass is 32.1. The van der Waals surface area contributed by atoms with Gasteiger partial charge in [-0.1, -0.05) is 0 Å². The molecule has 1 saturated heterocycles. The van der Waals surface area contributed by atoms with Gasteiger partial charge in [0.05, 0.1) is 5.56 Å². The first kappa shape index (κ1) is 19.7. The van der Waals surface area contributed by atoms with E-state index in [9.17, 15) is 14.9 Å². The molecular formula is C21H24N4O3S. The number of fused-ring (bicyclic) bond motifs is 1. The lowest BCUT2D eigenvalue weighted by Crippen LogP contribution is -2.49. The van der Waals surface area contributed by atoms with Crippen molar-refractivity contribution in [3.05, 3.63) is 39.7 Å². The summed E-state index contributed by atoms with van der Waals surface area (Å²) in [5.41, 5.74) is 1.77. The number of anilines is 1. The number of hydrogen-bond donors (Lipinski definition) is 1. The molecule has 0 aromatic carbocycles. The number of piperazine rings is 1. The molecule has 3 heterocycles. The van der Waals surface area contributed by atoms with Crippen LogP contribution in [0.2, 0.25) is 0 Å². The molecule has 0 unspecified atom stereocenters. The van der Waals surface area contributed by atoms with Crippen LogP contribution in [0.4, 0.5) is 5.00 Å². The Bertz CT molecular complexity index is 963. The average molecular weight is 413 g/mol. The summed E-state index contributed by atoms with van der Waals surface area (Å²) < 4.78 is 5.42. The maximum absolute atomic E-state index is 12.4. The normalized spacial score (nSPS) is 16.5. The van der Waals surface area contributed by atoms with Gasteiger partial charge in [0.15, 0.2) is 5.76 Å². The largest absolute Gasteiger partial charge is 0.456 e. The number of thiophene rings is 1. The minimum absolute atomic E-state index is 0.0639. The predicted molar refractivity (Wildman–Crippen MR) is 110 cm³/mol. The Morgan fingerprint density at radius 3 is 2.72 bits per heavy atom. The minimum Gasteiger partial charge on any atom is -0.456 e. The van der Waals surface area contributed by atoms with E-state index in [1.54, 1.807) is 28.4 Å². The summed E-state index contributed by atoms with van der Waals surface area (Å²) >= 11 is 1.54. The molecular weight excluding hydrogens is 388 g/mol. The Labute approximate surface area is 173 Å². The highest BCUT2D eigenvalue weighted by Gasteiger charge is 2.25. The Kier molecular flexibility index (Phi) is 5.69. The number of nitrogens with one attached hydrogen (secondary N) is 1. The molecule has 1 N–H and O–H groups in total. The third kappa shape index (κ3) is 4.21. The van der Waals surface area contributed by atoms with Gasteiger partial charge in [-0.05, 0) is 43.9 Å². The summed E-state index contributed by atoms with van der Waals surface area (Å²) in [4.78, 5) is 30.0. The van der Waals surface area contributed by atoms with E-state index >= 15 is 0 Å². The summed E-state index contributed by atoms with van der Waals surface area (Å²) in [6, 6.07) is 5.76. The van der Waals surface area contributed by atoms with Crippen LogP contribution in [0.15, 0.2) is 16.5 Å². The van der Waals surface area contributed by atoms with Gasteiger partial charge in [-0.2, -0.15) is 5.26 Å². The van der Waals surface area contributed by atoms with E-state index < -0.39 is 0 Å². The van der Waals surface area contributed by atoms with Crippen LogP contribution < -0.4 is 5.32 Å². The van der Waals surface area contributed by atoms with E-state index in [0.29, 0.717) is 42.4 Å². The molecule has 0 bridgehead atoms. The van der Waals surface area contributed by atoms with Crippen molar-refractivity contribution >= 4 is 28.2 Å². The fourth-order valence-corrected chi connectivity index (χ4v) is 5.20. The van der Waals surface area contributed by atoms with Crippen LogP contribution in [-0.2, 0) is 17.6 Å². The topological polar surface area (TPSA) is 89.6 Å². The number of aryl methyl sites for hydroxylation is 2. The van der Waals surface area contributed by atoms with E-state index in [4.69, 9.17) is 4.42 Å². The van der Waals surface area contributed by atoms with Crippen molar-refractivity contribution in [1.29, 1.82) is 5.26 Å². The molecule has 29 heavy (non-hydrogen) atoms. The van der Waals surface area contributed by atoms with Gasteiger partial charge >= 0.3 is 0 Å². The highest BCUT2D eigenvalue weighted by Crippen LogP contribution is 2.38. The smallest absolute Gasteiger partial charge is 0.289 e. The standard InChI is InChI=1S/C21H24N4O3S/c1-14-5-6-17(28-14)21(27)25-11-9-24(10-12-25)8-7-19(26)23-20-16(13-22)15-3-2-4-18(15)29-20/h5-6H,2-4,7-12H2,1H3,(H,23,26). The molecule has 8 heteroatoms. The maximum Gasteiger partial charge on any atom is 0.289 e. The number of carbonyl (C=O) groups is 2. The van der Waals surface area contributed by atoms with Gasteiger partial charge in [-0.25, -0.2) is 0 Å². The number of amides is 2. The molecule has 152 valence electrons. The van der Waals surface area contributed by atoms with Gasteiger partial charge in [0.1, 0.15) is 16.8 Å². The highest BCUT2D eigenvalue weighted by molar-refractivity contribution is 7.16. The number of nitriles is 1. The van der Waals surface area contributed by atoms with Crippen LogP contribution in [0.25, 0.3) is 0 Å². The molecule has 0 radical (unpaired) electrons. The Balaban J connectivity index is 1.24. The molecule has 2 aliphatic rings. The average Bonchev–Trinajstić information content (AvgIpc) is 3.42. The zero-order valence-corrected chi connectivity index (χ0v) is 17.3. The monoisotopic (exact) mass is 412 g/mol. The lowest BCUT2D eigenvalue weighted by molar-refractivity contribution is -0.116. The summed E-state index contributed by atoms with van der Waals surface area (Å²) in [5.74, 6) is 0.969. The van der Waals surface area contributed by atoms with Crippen molar-refractivity contribution in [2.75, 3.05) is 38.0 Å². The number of nitrogens with zero attached hydrogens (tertiary/aromatic N) is 3. The summed E-state index contributed by atoms with van der Waals surface area (Å²) in [6.07, 6.45) is 3.41. The molecule has 1 aliphatic carbocycles. The van der Waals surface area contributed by atoms with Crippen molar-refractivity contribution in [3.8, 4) is 6.07 Å². The van der Waals surface area contributed by atoms with Crippen molar-refractivity contribution in [2.24, 2.45) is 0 Å². The lowest BCUT2D eigenvalue weighted by atomic mass is 10.1. The summed E-state index contributed by atoms with van der Waals surface area (Å²) in [7, 11) is 0. The summed E-state index contributed by atoms with van der Waals surface area (Å²) in [5, 5.41) is 13.1. The first-order valence-corrected chi connectivity index (χ1v) is 10.8. The molecule has 1 fully saturated rings. The quantitative estimate of drug-likeness (QED) is 0.816. The first-order chi connectivity index (χ1) is 14.0. The van der Waals surface area contributed by atoms with Crippen LogP contribution in [0.5, 0.6) is 0 Å². The van der Waals surface area contributed by atoms with Crippen LogP contribution in [0.3, 0.4) is 0 Å². The molecule has 1 aliphatic heterocycles. The van der Waals surface area contributed by atoms with Crippen LogP contribution >= 0.6 is 11.3 Å². The van der Waals surface area contributed by atoms with Crippen molar-refractivity contribution in [2.45, 2.75) is 32.6 Å². The van der Waals surface area contributed by atoms with E-state index in [-0.39, 0.29) is 11.8 Å². The minimum atomic E-state index is -0.0785. The molecule has 4 rings (SSSR count). The van der Waals surface area contributed by atoms with E-state index in [1.807, 2.05) is 6.92 Å². The Morgan fingerprint density at radius 2 is 2.03 bits per heavy atom. The number of furan rings is 1. The molecule has 7 nitrogen and oxygen atoms in total. The van der Waals surface area contributed by atoms with Gasteiger partial charge < -0.3 is 14.6 Å². The van der Waals surface area contributed by atoms with Gasteiger partial charge in [-0.3, -0.25) is 14.5 Å². The van der Waals surface area contributed by atoms with Gasteiger partial charge in [-0.15, -0.1) is 11.3 Å². The molecule has 2 aromatic heterocycles. The molecule has 2 aromatic rings. The zero-order chi connectivity index (χ0) is 20.4. The van der Waals surface area contributed by atoms with E-state index in [0.717, 1.165) is 43.7 Å². The number of rotatable bonds is 5. The van der Waals surface area contributed by atoms with Gasteiger partial charge in [0, 0.05) is 44.0 Å². The van der Waals surface area contributed by atoms with Crippen LogP contribution in [0.1, 0.15) is 45.2 Å². The van der Waals surface area contributed by atoms with Crippen molar-refractivity contribution in [1.82, 2.24) is 9.80 Å². The van der Waals surface area contributed by atoms with Crippen molar-refractivity contribution < 1.29 is 14.0 Å². The van der Waals surface area contributed by atoms with Crippen molar-refractivity contribution in [3.63, 3.8) is 0 Å². The zero-order valence-electron chi connectivity index (χ0n) is 16.5. The fraction of sp³-hybridized carbons (Fsp3) is 0.476. The second-order valence-electron chi connectivity index (χ2n) is 7.52. The lowest BCUT2D eigenvalue weighted by Gasteiger charge is -2.34. The van der Waals surface area contributed by atoms with E-state index in [2.05, 4.69) is 16.3 Å². The number of carbonyl (C=O) groups excluding carboxylic acids is 2. The SMILES string of the molecule is Cc1ccc(C(=O)N2CCN(CCC(=O)Nc3sc4c(c3C#N)CCC4)CC2)o1. The van der Waals surface area contributed by atoms with Crippen LogP contribution in [0, 0.1) is 18.3 Å². The molecule has 0 atom stereocenters. The third-order valence-electron chi connectivity index (χ3n) is 5.55.